The summed E-state index contributed by atoms with van der Waals surface area (Å²) in [5.74, 6) is -0.723. The van der Waals surface area contributed by atoms with Crippen molar-refractivity contribution >= 4 is 39.2 Å². The molecule has 0 aromatic heterocycles. The number of nitrogens with zero attached hydrogens (tertiary/aromatic N) is 2. The molecule has 1 amide bonds. The lowest BCUT2D eigenvalue weighted by molar-refractivity contribution is -0.384. The molecule has 0 N–H and O–H groups in total. The van der Waals surface area contributed by atoms with Crippen LogP contribution in [0.1, 0.15) is 42.9 Å². The van der Waals surface area contributed by atoms with Gasteiger partial charge in [-0.05, 0) is 47.3 Å². The average molecular weight is 399 g/mol. The van der Waals surface area contributed by atoms with Gasteiger partial charge in [0.1, 0.15) is 5.69 Å². The molecule has 1 aliphatic heterocycles. The lowest BCUT2D eigenvalue weighted by atomic mass is 9.92. The normalized spacial score (nSPS) is 16.0. The van der Waals surface area contributed by atoms with Crippen molar-refractivity contribution in [1.82, 2.24) is 0 Å². The molecule has 24 heavy (non-hydrogen) atoms. The number of carbonyl (C=O) groups excluding carboxylic acids is 2. The van der Waals surface area contributed by atoms with Crippen molar-refractivity contribution in [2.24, 2.45) is 0 Å². The molecule has 0 fully saturated rings. The number of carbonyl (C=O) groups is 2. The molecule has 1 aromatic rings. The van der Waals surface area contributed by atoms with Crippen LogP contribution in [0.5, 0.6) is 0 Å². The number of ether oxygens (including phenoxy) is 1. The van der Waals surface area contributed by atoms with Gasteiger partial charge in [-0.3, -0.25) is 19.7 Å². The first-order valence-corrected chi connectivity index (χ1v) is 8.34. The van der Waals surface area contributed by atoms with Crippen molar-refractivity contribution in [3.8, 4) is 0 Å². The van der Waals surface area contributed by atoms with Gasteiger partial charge in [-0.25, -0.2) is 0 Å². The van der Waals surface area contributed by atoms with E-state index in [1.165, 1.54) is 18.7 Å². The standard InChI is InChI=1S/C16H19BrN2O5/c1-8-13-12(5-6-24-11(4)21)7-18(10(3)20)16(13)15(19(22)23)9(2)14(8)17/h12H,5-7H2,1-4H3. The molecule has 8 heteroatoms. The lowest BCUT2D eigenvalue weighted by Gasteiger charge is -2.17. The van der Waals surface area contributed by atoms with Gasteiger partial charge in [-0.2, -0.15) is 0 Å². The molecule has 0 saturated heterocycles. The van der Waals surface area contributed by atoms with Gasteiger partial charge in [0, 0.05) is 36.3 Å². The maximum atomic E-state index is 12.0. The van der Waals surface area contributed by atoms with Crippen LogP contribution in [0.2, 0.25) is 0 Å². The van der Waals surface area contributed by atoms with Crippen LogP contribution in [-0.4, -0.2) is 30.0 Å². The predicted octanol–water partition coefficient (Wildman–Crippen LogP) is 3.38. The molecular weight excluding hydrogens is 380 g/mol. The van der Waals surface area contributed by atoms with E-state index in [-0.39, 0.29) is 30.1 Å². The second-order valence-corrected chi connectivity index (χ2v) is 6.68. The Morgan fingerprint density at radius 2 is 1.96 bits per heavy atom. The van der Waals surface area contributed by atoms with Crippen molar-refractivity contribution < 1.29 is 19.2 Å². The highest BCUT2D eigenvalue weighted by Gasteiger charge is 2.40. The zero-order valence-corrected chi connectivity index (χ0v) is 15.6. The molecule has 0 bridgehead atoms. The van der Waals surface area contributed by atoms with Gasteiger partial charge in [0.15, 0.2) is 0 Å². The van der Waals surface area contributed by atoms with Crippen LogP contribution in [0, 0.1) is 24.0 Å². The summed E-state index contributed by atoms with van der Waals surface area (Å²) in [5, 5.41) is 11.6. The van der Waals surface area contributed by atoms with Crippen LogP contribution in [0.3, 0.4) is 0 Å². The molecule has 130 valence electrons. The predicted molar refractivity (Wildman–Crippen MR) is 92.3 cm³/mol. The van der Waals surface area contributed by atoms with Gasteiger partial charge in [0.05, 0.1) is 11.5 Å². The molecule has 1 aliphatic rings. The summed E-state index contributed by atoms with van der Waals surface area (Å²) in [4.78, 5) is 35.6. The Morgan fingerprint density at radius 3 is 2.46 bits per heavy atom. The minimum Gasteiger partial charge on any atom is -0.466 e. The number of amides is 1. The Kier molecular flexibility index (Phi) is 5.27. The molecule has 0 saturated carbocycles. The lowest BCUT2D eigenvalue weighted by Crippen LogP contribution is -2.28. The summed E-state index contributed by atoms with van der Waals surface area (Å²) in [5.41, 5.74) is 2.49. The molecular formula is C16H19BrN2O5. The number of nitro benzene ring substituents is 1. The Bertz CT molecular complexity index is 732. The highest BCUT2D eigenvalue weighted by atomic mass is 79.9. The third-order valence-electron chi connectivity index (χ3n) is 4.31. The minimum atomic E-state index is -0.442. The van der Waals surface area contributed by atoms with Crippen LogP contribution in [-0.2, 0) is 14.3 Å². The van der Waals surface area contributed by atoms with Crippen LogP contribution in [0.4, 0.5) is 11.4 Å². The van der Waals surface area contributed by atoms with E-state index in [4.69, 9.17) is 4.74 Å². The molecule has 0 spiro atoms. The number of nitro groups is 1. The van der Waals surface area contributed by atoms with Crippen molar-refractivity contribution in [2.75, 3.05) is 18.1 Å². The Labute approximate surface area is 148 Å². The van der Waals surface area contributed by atoms with E-state index in [1.807, 2.05) is 6.92 Å². The first-order chi connectivity index (χ1) is 11.2. The molecule has 7 nitrogen and oxygen atoms in total. The highest BCUT2D eigenvalue weighted by molar-refractivity contribution is 9.10. The van der Waals surface area contributed by atoms with Crippen LogP contribution in [0.25, 0.3) is 0 Å². The molecule has 1 atom stereocenters. The van der Waals surface area contributed by atoms with Gasteiger partial charge in [-0.15, -0.1) is 0 Å². The Balaban J connectivity index is 2.58. The van der Waals surface area contributed by atoms with Gasteiger partial charge < -0.3 is 9.64 Å². The molecule has 0 radical (unpaired) electrons. The van der Waals surface area contributed by atoms with Gasteiger partial charge in [0.2, 0.25) is 5.91 Å². The molecule has 1 unspecified atom stereocenters. The second-order valence-electron chi connectivity index (χ2n) is 5.89. The van der Waals surface area contributed by atoms with Crippen molar-refractivity contribution in [2.45, 2.75) is 40.0 Å². The fraction of sp³-hybridized carbons (Fsp3) is 0.500. The summed E-state index contributed by atoms with van der Waals surface area (Å²) in [7, 11) is 0. The number of hydrogen-bond donors (Lipinski definition) is 0. The third kappa shape index (κ3) is 3.15. The fourth-order valence-electron chi connectivity index (χ4n) is 3.25. The number of fused-ring (bicyclic) bond motifs is 1. The van der Waals surface area contributed by atoms with E-state index in [1.54, 1.807) is 6.92 Å². The monoisotopic (exact) mass is 398 g/mol. The number of esters is 1. The second kappa shape index (κ2) is 6.88. The topological polar surface area (TPSA) is 89.8 Å². The smallest absolute Gasteiger partial charge is 0.302 e. The van der Waals surface area contributed by atoms with Crippen LogP contribution in [0.15, 0.2) is 4.47 Å². The Morgan fingerprint density at radius 1 is 1.33 bits per heavy atom. The largest absolute Gasteiger partial charge is 0.466 e. The first-order valence-electron chi connectivity index (χ1n) is 7.55. The van der Waals surface area contributed by atoms with E-state index in [2.05, 4.69) is 15.9 Å². The third-order valence-corrected chi connectivity index (χ3v) is 5.50. The molecule has 0 aliphatic carbocycles. The SMILES string of the molecule is CC(=O)OCCC1CN(C(C)=O)c2c1c(C)c(Br)c(C)c2[N+](=O)[O-]. The van der Waals surface area contributed by atoms with Crippen molar-refractivity contribution in [3.63, 3.8) is 0 Å². The summed E-state index contributed by atoms with van der Waals surface area (Å²) >= 11 is 3.43. The van der Waals surface area contributed by atoms with Gasteiger partial charge in [-0.1, -0.05) is 0 Å². The molecule has 1 heterocycles. The zero-order valence-electron chi connectivity index (χ0n) is 14.0. The number of hydrogen-bond acceptors (Lipinski definition) is 5. The van der Waals surface area contributed by atoms with Gasteiger partial charge >= 0.3 is 5.97 Å². The molecule has 2 rings (SSSR count). The van der Waals surface area contributed by atoms with E-state index < -0.39 is 4.92 Å². The van der Waals surface area contributed by atoms with Crippen molar-refractivity contribution in [3.05, 3.63) is 31.3 Å². The number of anilines is 1. The van der Waals surface area contributed by atoms with Gasteiger partial charge in [0.25, 0.3) is 5.69 Å². The number of halogens is 1. The first kappa shape index (κ1) is 18.4. The maximum Gasteiger partial charge on any atom is 0.302 e. The number of benzene rings is 1. The fourth-order valence-corrected chi connectivity index (χ4v) is 3.65. The average Bonchev–Trinajstić information content (AvgIpc) is 2.84. The zero-order chi connectivity index (χ0) is 18.2. The van der Waals surface area contributed by atoms with Crippen molar-refractivity contribution in [1.29, 1.82) is 0 Å². The quantitative estimate of drug-likeness (QED) is 0.440. The summed E-state index contributed by atoms with van der Waals surface area (Å²) < 4.78 is 5.67. The number of rotatable bonds is 4. The van der Waals surface area contributed by atoms with Crippen LogP contribution < -0.4 is 4.90 Å². The van der Waals surface area contributed by atoms with E-state index in [0.29, 0.717) is 28.7 Å². The summed E-state index contributed by atoms with van der Waals surface area (Å²) in [6.07, 6.45) is 0.504. The van der Waals surface area contributed by atoms with Crippen LogP contribution >= 0.6 is 15.9 Å². The van der Waals surface area contributed by atoms with E-state index in [9.17, 15) is 19.7 Å². The maximum absolute atomic E-state index is 12.0. The minimum absolute atomic E-state index is 0.0485. The van der Waals surface area contributed by atoms with E-state index >= 15 is 0 Å². The summed E-state index contributed by atoms with van der Waals surface area (Å²) in [6, 6.07) is 0. The van der Waals surface area contributed by atoms with E-state index in [0.717, 1.165) is 11.1 Å². The highest BCUT2D eigenvalue weighted by Crippen LogP contribution is 2.50. The Hall–Kier alpha value is -1.96. The molecule has 1 aromatic carbocycles. The summed E-state index contributed by atoms with van der Waals surface area (Å²) in [6.45, 7) is 6.84.